The van der Waals surface area contributed by atoms with Crippen LogP contribution in [0.1, 0.15) is 5.56 Å². The van der Waals surface area contributed by atoms with Gasteiger partial charge in [-0.15, -0.1) is 0 Å². The van der Waals surface area contributed by atoms with Crippen LogP contribution in [-0.2, 0) is 4.79 Å². The average molecular weight is 267 g/mol. The van der Waals surface area contributed by atoms with Crippen molar-refractivity contribution >= 4 is 17.7 Å². The van der Waals surface area contributed by atoms with E-state index in [9.17, 15) is 4.79 Å². The summed E-state index contributed by atoms with van der Waals surface area (Å²) in [7, 11) is 0. The lowest BCUT2D eigenvalue weighted by molar-refractivity contribution is -0.131. The largest absolute Gasteiger partial charge is 0.478 e. The zero-order valence-electron chi connectivity index (χ0n) is 10.2. The SMILES string of the molecule is O=C(O)/C=C/c1c(-c2cnccn2)nn2cccnc12. The van der Waals surface area contributed by atoms with Crippen LogP contribution in [-0.4, -0.2) is 35.6 Å². The van der Waals surface area contributed by atoms with E-state index in [0.717, 1.165) is 6.08 Å². The number of fused-ring (bicyclic) bond motifs is 1. The summed E-state index contributed by atoms with van der Waals surface area (Å²) in [6.07, 6.45) is 10.5. The second kappa shape index (κ2) is 4.88. The molecule has 0 fully saturated rings. The molecule has 0 radical (unpaired) electrons. The first kappa shape index (κ1) is 12.0. The monoisotopic (exact) mass is 267 g/mol. The van der Waals surface area contributed by atoms with Gasteiger partial charge in [-0.3, -0.25) is 9.97 Å². The van der Waals surface area contributed by atoms with E-state index in [1.165, 1.54) is 6.08 Å². The molecule has 0 bridgehead atoms. The summed E-state index contributed by atoms with van der Waals surface area (Å²) >= 11 is 0. The number of carbonyl (C=O) groups is 1. The van der Waals surface area contributed by atoms with Crippen molar-refractivity contribution in [3.63, 3.8) is 0 Å². The second-order valence-corrected chi connectivity index (χ2v) is 3.91. The van der Waals surface area contributed by atoms with Gasteiger partial charge in [0.2, 0.25) is 0 Å². The van der Waals surface area contributed by atoms with Gasteiger partial charge in [-0.1, -0.05) is 0 Å². The first-order chi connectivity index (χ1) is 9.75. The lowest BCUT2D eigenvalue weighted by Crippen LogP contribution is -1.89. The summed E-state index contributed by atoms with van der Waals surface area (Å²) in [4.78, 5) is 23.1. The van der Waals surface area contributed by atoms with Crippen LogP contribution in [0, 0.1) is 0 Å². The van der Waals surface area contributed by atoms with Gasteiger partial charge in [-0.05, 0) is 12.1 Å². The molecule has 1 N–H and O–H groups in total. The van der Waals surface area contributed by atoms with Crippen LogP contribution in [0.3, 0.4) is 0 Å². The standard InChI is InChI=1S/C13H9N5O2/c19-11(20)3-2-9-12(10-8-14-5-6-15-10)17-18-7-1-4-16-13(9)18/h1-8H,(H,19,20)/b3-2+. The zero-order chi connectivity index (χ0) is 13.9. The molecule has 0 aromatic carbocycles. The van der Waals surface area contributed by atoms with Gasteiger partial charge in [0.25, 0.3) is 0 Å². The van der Waals surface area contributed by atoms with Crippen molar-refractivity contribution in [3.05, 3.63) is 48.7 Å². The Morgan fingerprint density at radius 2 is 2.15 bits per heavy atom. The lowest BCUT2D eigenvalue weighted by atomic mass is 10.2. The van der Waals surface area contributed by atoms with E-state index >= 15 is 0 Å². The highest BCUT2D eigenvalue weighted by molar-refractivity contribution is 5.89. The Balaban J connectivity index is 2.25. The molecule has 3 aromatic rings. The third kappa shape index (κ3) is 2.12. The number of rotatable bonds is 3. The van der Waals surface area contributed by atoms with Gasteiger partial charge in [-0.25, -0.2) is 14.3 Å². The molecule has 0 atom stereocenters. The molecule has 0 spiro atoms. The quantitative estimate of drug-likeness (QED) is 0.718. The molecular formula is C13H9N5O2. The minimum absolute atomic E-state index is 0.536. The highest BCUT2D eigenvalue weighted by Gasteiger charge is 2.14. The van der Waals surface area contributed by atoms with Crippen molar-refractivity contribution in [1.82, 2.24) is 24.6 Å². The van der Waals surface area contributed by atoms with E-state index in [1.54, 1.807) is 41.6 Å². The molecule has 98 valence electrons. The Morgan fingerprint density at radius 1 is 1.25 bits per heavy atom. The molecular weight excluding hydrogens is 258 g/mol. The van der Waals surface area contributed by atoms with Gasteiger partial charge in [0.05, 0.1) is 6.20 Å². The molecule has 0 unspecified atom stereocenters. The van der Waals surface area contributed by atoms with E-state index in [1.807, 2.05) is 0 Å². The molecule has 7 nitrogen and oxygen atoms in total. The highest BCUT2D eigenvalue weighted by atomic mass is 16.4. The van der Waals surface area contributed by atoms with Gasteiger partial charge in [0.1, 0.15) is 11.4 Å². The molecule has 0 amide bonds. The summed E-state index contributed by atoms with van der Waals surface area (Å²) in [6.45, 7) is 0. The van der Waals surface area contributed by atoms with Crippen LogP contribution in [0.25, 0.3) is 23.1 Å². The van der Waals surface area contributed by atoms with Gasteiger partial charge >= 0.3 is 5.97 Å². The zero-order valence-corrected chi connectivity index (χ0v) is 10.2. The Morgan fingerprint density at radius 3 is 2.90 bits per heavy atom. The van der Waals surface area contributed by atoms with Gasteiger partial charge in [0.15, 0.2) is 5.65 Å². The van der Waals surface area contributed by atoms with Crippen molar-refractivity contribution < 1.29 is 9.90 Å². The number of hydrogen-bond acceptors (Lipinski definition) is 5. The maximum Gasteiger partial charge on any atom is 0.328 e. The summed E-state index contributed by atoms with van der Waals surface area (Å²) in [6, 6.07) is 1.74. The molecule has 20 heavy (non-hydrogen) atoms. The Bertz CT molecular complexity index is 795. The molecule has 3 rings (SSSR count). The van der Waals surface area contributed by atoms with E-state index in [0.29, 0.717) is 22.6 Å². The minimum atomic E-state index is -1.04. The summed E-state index contributed by atoms with van der Waals surface area (Å²) in [5.41, 5.74) is 2.25. The number of nitrogens with zero attached hydrogens (tertiary/aromatic N) is 5. The van der Waals surface area contributed by atoms with E-state index in [2.05, 4.69) is 20.1 Å². The summed E-state index contributed by atoms with van der Waals surface area (Å²) in [5.74, 6) is -1.04. The minimum Gasteiger partial charge on any atom is -0.478 e. The number of carboxylic acids is 1. The fraction of sp³-hybridized carbons (Fsp3) is 0. The molecule has 0 aliphatic heterocycles. The fourth-order valence-electron chi connectivity index (χ4n) is 1.82. The predicted molar refractivity (Wildman–Crippen MR) is 70.7 cm³/mol. The normalized spacial score (nSPS) is 11.2. The van der Waals surface area contributed by atoms with Gasteiger partial charge in [-0.2, -0.15) is 5.10 Å². The van der Waals surface area contributed by atoms with Crippen LogP contribution in [0.5, 0.6) is 0 Å². The lowest BCUT2D eigenvalue weighted by Gasteiger charge is -1.95. The van der Waals surface area contributed by atoms with Crippen molar-refractivity contribution in [2.24, 2.45) is 0 Å². The summed E-state index contributed by atoms with van der Waals surface area (Å²) < 4.78 is 1.57. The highest BCUT2D eigenvalue weighted by Crippen LogP contribution is 2.24. The second-order valence-electron chi connectivity index (χ2n) is 3.91. The molecule has 0 aliphatic rings. The Hall–Kier alpha value is -3.09. The van der Waals surface area contributed by atoms with Gasteiger partial charge in [0, 0.05) is 36.4 Å². The topological polar surface area (TPSA) is 93.3 Å². The number of aliphatic carboxylic acids is 1. The van der Waals surface area contributed by atoms with Crippen molar-refractivity contribution in [3.8, 4) is 11.4 Å². The summed E-state index contributed by atoms with van der Waals surface area (Å²) in [5, 5.41) is 13.2. The maximum absolute atomic E-state index is 10.7. The smallest absolute Gasteiger partial charge is 0.328 e. The first-order valence-corrected chi connectivity index (χ1v) is 5.76. The van der Waals surface area contributed by atoms with Crippen molar-refractivity contribution in [1.29, 1.82) is 0 Å². The number of aromatic nitrogens is 5. The molecule has 0 saturated heterocycles. The van der Waals surface area contributed by atoms with Crippen molar-refractivity contribution in [2.75, 3.05) is 0 Å². The molecule has 7 heteroatoms. The molecule has 3 heterocycles. The van der Waals surface area contributed by atoms with Crippen LogP contribution in [0.2, 0.25) is 0 Å². The van der Waals surface area contributed by atoms with Crippen LogP contribution in [0.4, 0.5) is 0 Å². The Kier molecular flexibility index (Phi) is 2.92. The molecule has 3 aromatic heterocycles. The average Bonchev–Trinajstić information content (AvgIpc) is 2.84. The third-order valence-electron chi connectivity index (χ3n) is 2.63. The fourth-order valence-corrected chi connectivity index (χ4v) is 1.82. The van der Waals surface area contributed by atoms with E-state index in [4.69, 9.17) is 5.11 Å². The first-order valence-electron chi connectivity index (χ1n) is 5.76. The van der Waals surface area contributed by atoms with Crippen LogP contribution in [0.15, 0.2) is 43.1 Å². The Labute approximate surface area is 113 Å². The van der Waals surface area contributed by atoms with Crippen LogP contribution < -0.4 is 0 Å². The maximum atomic E-state index is 10.7. The van der Waals surface area contributed by atoms with Gasteiger partial charge < -0.3 is 5.11 Å². The predicted octanol–water partition coefficient (Wildman–Crippen LogP) is 1.28. The number of carboxylic acid groups (broad SMARTS) is 1. The van der Waals surface area contributed by atoms with E-state index < -0.39 is 5.97 Å². The molecule has 0 saturated carbocycles. The van der Waals surface area contributed by atoms with Crippen molar-refractivity contribution in [2.45, 2.75) is 0 Å². The van der Waals surface area contributed by atoms with Crippen LogP contribution >= 0.6 is 0 Å². The van der Waals surface area contributed by atoms with E-state index in [-0.39, 0.29) is 0 Å². The molecule has 0 aliphatic carbocycles. The number of hydrogen-bond donors (Lipinski definition) is 1. The third-order valence-corrected chi connectivity index (χ3v) is 2.63.